The van der Waals surface area contributed by atoms with E-state index >= 15 is 0 Å². The van der Waals surface area contributed by atoms with E-state index in [4.69, 9.17) is 16.6 Å². The molecule has 0 spiro atoms. The van der Waals surface area contributed by atoms with Crippen LogP contribution in [0, 0.1) is 0 Å². The Balaban J connectivity index is 2.15. The summed E-state index contributed by atoms with van der Waals surface area (Å²) in [4.78, 5) is 4.77. The van der Waals surface area contributed by atoms with E-state index in [9.17, 15) is 0 Å². The third-order valence-corrected chi connectivity index (χ3v) is 3.96. The highest BCUT2D eigenvalue weighted by atomic mass is 35.5. The van der Waals surface area contributed by atoms with Crippen molar-refractivity contribution in [3.05, 3.63) is 29.5 Å². The van der Waals surface area contributed by atoms with Gasteiger partial charge in [-0.15, -0.1) is 11.6 Å². The Morgan fingerprint density at radius 3 is 2.67 bits per heavy atom. The van der Waals surface area contributed by atoms with Crippen LogP contribution in [0.4, 0.5) is 0 Å². The summed E-state index contributed by atoms with van der Waals surface area (Å²) in [5.74, 6) is 1.56. The van der Waals surface area contributed by atoms with Crippen LogP contribution in [-0.2, 0) is 33.5 Å². The molecule has 0 aliphatic rings. The highest BCUT2D eigenvalue weighted by Gasteiger charge is 2.18. The first kappa shape index (κ1) is 14.1. The van der Waals surface area contributed by atoms with Crippen molar-refractivity contribution in [2.75, 3.05) is 5.88 Å². The summed E-state index contributed by atoms with van der Waals surface area (Å²) in [6.07, 6.45) is 3.43. The molecular weight excluding hydrogens is 288 g/mol. The van der Waals surface area contributed by atoms with Crippen LogP contribution in [0.3, 0.4) is 0 Å². The van der Waals surface area contributed by atoms with Crippen molar-refractivity contribution >= 4 is 22.8 Å². The predicted molar refractivity (Wildman–Crippen MR) is 82.6 cm³/mol. The lowest BCUT2D eigenvalue weighted by Crippen LogP contribution is -2.11. The van der Waals surface area contributed by atoms with Crippen molar-refractivity contribution in [2.24, 2.45) is 14.1 Å². The van der Waals surface area contributed by atoms with Gasteiger partial charge >= 0.3 is 0 Å². The summed E-state index contributed by atoms with van der Waals surface area (Å²) in [5.41, 5.74) is 4.20. The van der Waals surface area contributed by atoms with Gasteiger partial charge in [0.15, 0.2) is 5.65 Å². The van der Waals surface area contributed by atoms with Gasteiger partial charge in [0.1, 0.15) is 11.3 Å². The molecule has 3 aromatic heterocycles. The SMILES string of the molecule is CCc1nn(C)c2c1nc(CCCl)n2Cc1ccnn1C. The summed E-state index contributed by atoms with van der Waals surface area (Å²) in [6.45, 7) is 2.82. The van der Waals surface area contributed by atoms with Crippen LogP contribution in [0.5, 0.6) is 0 Å². The van der Waals surface area contributed by atoms with E-state index in [2.05, 4.69) is 21.7 Å². The zero-order valence-electron chi connectivity index (χ0n) is 12.5. The Kier molecular flexibility index (Phi) is 3.71. The number of rotatable bonds is 5. The molecule has 21 heavy (non-hydrogen) atoms. The lowest BCUT2D eigenvalue weighted by molar-refractivity contribution is 0.637. The Hall–Kier alpha value is -1.82. The molecule has 0 aromatic carbocycles. The van der Waals surface area contributed by atoms with Crippen LogP contribution >= 0.6 is 11.6 Å². The molecule has 0 amide bonds. The maximum absolute atomic E-state index is 5.94. The van der Waals surface area contributed by atoms with Crippen molar-refractivity contribution in [1.29, 1.82) is 0 Å². The lowest BCUT2D eigenvalue weighted by atomic mass is 10.3. The number of hydrogen-bond acceptors (Lipinski definition) is 3. The van der Waals surface area contributed by atoms with Gasteiger partial charge in [-0.2, -0.15) is 10.2 Å². The maximum Gasteiger partial charge on any atom is 0.159 e. The normalized spacial score (nSPS) is 11.6. The van der Waals surface area contributed by atoms with Crippen LogP contribution in [0.15, 0.2) is 12.3 Å². The van der Waals surface area contributed by atoms with E-state index in [0.29, 0.717) is 5.88 Å². The van der Waals surface area contributed by atoms with Crippen LogP contribution < -0.4 is 0 Å². The predicted octanol–water partition coefficient (Wildman–Crippen LogP) is 1.90. The summed E-state index contributed by atoms with van der Waals surface area (Å²) in [5, 5.41) is 8.79. The Morgan fingerprint density at radius 1 is 1.24 bits per heavy atom. The molecule has 0 atom stereocenters. The molecule has 3 rings (SSSR count). The molecule has 0 saturated heterocycles. The zero-order valence-corrected chi connectivity index (χ0v) is 13.3. The first-order valence-electron chi connectivity index (χ1n) is 7.09. The second kappa shape index (κ2) is 5.52. The first-order valence-corrected chi connectivity index (χ1v) is 7.63. The second-order valence-corrected chi connectivity index (χ2v) is 5.47. The average Bonchev–Trinajstić information content (AvgIpc) is 3.10. The smallest absolute Gasteiger partial charge is 0.159 e. The van der Waals surface area contributed by atoms with E-state index in [1.54, 1.807) is 0 Å². The Labute approximate surface area is 128 Å². The number of nitrogens with zero attached hydrogens (tertiary/aromatic N) is 6. The standard InChI is InChI=1S/C14H19ClN6/c1-4-11-13-14(20(3)18-11)21(12(17-13)5-7-15)9-10-6-8-16-19(10)2/h6,8H,4-5,7,9H2,1-3H3. The Morgan fingerprint density at radius 2 is 2.05 bits per heavy atom. The number of fused-ring (bicyclic) bond motifs is 1. The van der Waals surface area contributed by atoms with Crippen LogP contribution in [0.2, 0.25) is 0 Å². The zero-order chi connectivity index (χ0) is 15.0. The number of hydrogen-bond donors (Lipinski definition) is 0. The fourth-order valence-corrected chi connectivity index (χ4v) is 2.85. The monoisotopic (exact) mass is 306 g/mol. The first-order chi connectivity index (χ1) is 10.2. The molecule has 3 heterocycles. The number of halogens is 1. The van der Waals surface area contributed by atoms with Crippen LogP contribution in [0.25, 0.3) is 11.2 Å². The van der Waals surface area contributed by atoms with E-state index in [1.807, 2.05) is 35.7 Å². The maximum atomic E-state index is 5.94. The molecule has 0 unspecified atom stereocenters. The van der Waals surface area contributed by atoms with Gasteiger partial charge in [-0.25, -0.2) is 4.98 Å². The van der Waals surface area contributed by atoms with Gasteiger partial charge in [0.2, 0.25) is 0 Å². The summed E-state index contributed by atoms with van der Waals surface area (Å²) < 4.78 is 5.99. The van der Waals surface area contributed by atoms with Crippen molar-refractivity contribution in [3.63, 3.8) is 0 Å². The minimum atomic E-state index is 0.559. The number of aromatic nitrogens is 6. The molecule has 0 N–H and O–H groups in total. The highest BCUT2D eigenvalue weighted by Crippen LogP contribution is 2.21. The average molecular weight is 307 g/mol. The van der Waals surface area contributed by atoms with Crippen molar-refractivity contribution in [3.8, 4) is 0 Å². The van der Waals surface area contributed by atoms with Crippen molar-refractivity contribution < 1.29 is 0 Å². The third-order valence-electron chi connectivity index (χ3n) is 3.77. The largest absolute Gasteiger partial charge is 0.307 e. The lowest BCUT2D eigenvalue weighted by Gasteiger charge is -2.09. The van der Waals surface area contributed by atoms with Gasteiger partial charge in [0.05, 0.1) is 17.9 Å². The van der Waals surface area contributed by atoms with Crippen LogP contribution in [-0.4, -0.2) is 35.0 Å². The third kappa shape index (κ3) is 2.33. The molecular formula is C14H19ClN6. The fraction of sp³-hybridized carbons (Fsp3) is 0.500. The van der Waals surface area contributed by atoms with Gasteiger partial charge in [0.25, 0.3) is 0 Å². The summed E-state index contributed by atoms with van der Waals surface area (Å²) >= 11 is 5.94. The van der Waals surface area contributed by atoms with Crippen LogP contribution in [0.1, 0.15) is 24.1 Å². The molecule has 0 saturated carbocycles. The Bertz CT molecular complexity index is 766. The molecule has 6 nitrogen and oxygen atoms in total. The van der Waals surface area contributed by atoms with E-state index < -0.39 is 0 Å². The van der Waals surface area contributed by atoms with E-state index in [1.165, 1.54) is 0 Å². The van der Waals surface area contributed by atoms with Gasteiger partial charge in [-0.1, -0.05) is 6.92 Å². The molecule has 7 heteroatoms. The van der Waals surface area contributed by atoms with Gasteiger partial charge in [0, 0.05) is 32.6 Å². The van der Waals surface area contributed by atoms with Crippen molar-refractivity contribution in [2.45, 2.75) is 26.3 Å². The molecule has 0 aliphatic carbocycles. The number of imidazole rings is 1. The van der Waals surface area contributed by atoms with Gasteiger partial charge in [-0.3, -0.25) is 9.36 Å². The topological polar surface area (TPSA) is 53.5 Å². The molecule has 0 radical (unpaired) electrons. The fourth-order valence-electron chi connectivity index (χ4n) is 2.68. The molecule has 112 valence electrons. The highest BCUT2D eigenvalue weighted by molar-refractivity contribution is 6.17. The van der Waals surface area contributed by atoms with Gasteiger partial charge < -0.3 is 4.57 Å². The molecule has 0 fully saturated rings. The quantitative estimate of drug-likeness (QED) is 0.677. The molecule has 0 bridgehead atoms. The summed E-state index contributed by atoms with van der Waals surface area (Å²) in [6, 6.07) is 2.02. The molecule has 3 aromatic rings. The number of alkyl halides is 1. The van der Waals surface area contributed by atoms with E-state index in [-0.39, 0.29) is 0 Å². The molecule has 0 aliphatic heterocycles. The number of aryl methyl sites for hydroxylation is 4. The summed E-state index contributed by atoms with van der Waals surface area (Å²) in [7, 11) is 3.92. The second-order valence-electron chi connectivity index (χ2n) is 5.10. The minimum absolute atomic E-state index is 0.559. The van der Waals surface area contributed by atoms with Crippen molar-refractivity contribution in [1.82, 2.24) is 29.1 Å². The van der Waals surface area contributed by atoms with Gasteiger partial charge in [-0.05, 0) is 12.5 Å². The minimum Gasteiger partial charge on any atom is -0.307 e. The van der Waals surface area contributed by atoms with E-state index in [0.717, 1.165) is 47.8 Å².